The molecule has 11 nitrogen and oxygen atoms in total. The van der Waals surface area contributed by atoms with Crippen molar-refractivity contribution in [1.29, 1.82) is 0 Å². The summed E-state index contributed by atoms with van der Waals surface area (Å²) in [5, 5.41) is 14.6. The molecule has 59 heavy (non-hydrogen) atoms. The van der Waals surface area contributed by atoms with E-state index in [1.807, 2.05) is 43.9 Å². The van der Waals surface area contributed by atoms with Crippen molar-refractivity contribution in [2.45, 2.75) is 109 Å². The number of aryl methyl sites for hydroxylation is 2. The predicted octanol–water partition coefficient (Wildman–Crippen LogP) is 8.25. The van der Waals surface area contributed by atoms with Crippen LogP contribution < -0.4 is 5.32 Å². The third-order valence-corrected chi connectivity index (χ3v) is 14.2. The number of rotatable bonds is 5. The molecule has 3 aliphatic heterocycles. The lowest BCUT2D eigenvalue weighted by atomic mass is 9.75. The maximum Gasteiger partial charge on any atom is 0.407 e. The molecule has 4 aromatic rings. The Bertz CT molecular complexity index is 2180. The van der Waals surface area contributed by atoms with Crippen LogP contribution in [0.2, 0.25) is 0 Å². The van der Waals surface area contributed by atoms with Gasteiger partial charge in [-0.25, -0.2) is 9.59 Å². The van der Waals surface area contributed by atoms with Crippen molar-refractivity contribution in [2.24, 2.45) is 37.8 Å². The van der Waals surface area contributed by atoms with Crippen molar-refractivity contribution in [3.63, 3.8) is 0 Å². The number of nitrogens with zero attached hydrogens (tertiary/aromatic N) is 3. The summed E-state index contributed by atoms with van der Waals surface area (Å²) < 4.78 is 21.1. The predicted molar refractivity (Wildman–Crippen MR) is 229 cm³/mol. The van der Waals surface area contributed by atoms with Crippen LogP contribution >= 0.6 is 0 Å². The Morgan fingerprint density at radius 1 is 0.678 bits per heavy atom. The van der Waals surface area contributed by atoms with Gasteiger partial charge >= 0.3 is 12.1 Å². The number of ether oxygens (including phenoxy) is 3. The minimum atomic E-state index is -0.846. The van der Waals surface area contributed by atoms with Gasteiger partial charge in [0.25, 0.3) is 5.91 Å². The summed E-state index contributed by atoms with van der Waals surface area (Å²) in [4.78, 5) is 38.8. The third-order valence-electron chi connectivity index (χ3n) is 14.2. The monoisotopic (exact) mass is 808 g/mol. The second-order valence-electron chi connectivity index (χ2n) is 18.9. The molecule has 2 amide bonds. The van der Waals surface area contributed by atoms with Crippen LogP contribution in [0.1, 0.15) is 115 Å². The number of fused-ring (bicyclic) bond motifs is 6. The quantitative estimate of drug-likeness (QED) is 0.208. The third kappa shape index (κ3) is 8.92. The van der Waals surface area contributed by atoms with Crippen LogP contribution in [0.15, 0.2) is 36.4 Å². The molecule has 3 fully saturated rings. The molecule has 3 saturated heterocycles. The minimum Gasteiger partial charge on any atom is -0.478 e. The number of nitrogens with one attached hydrogen (secondary N) is 1. The molecule has 5 aliphatic rings. The highest BCUT2D eigenvalue weighted by Gasteiger charge is 2.33. The zero-order chi connectivity index (χ0) is 41.4. The number of alkyl carbamates (subject to hydrolysis) is 1. The molecule has 0 spiro atoms. The maximum atomic E-state index is 13.4. The van der Waals surface area contributed by atoms with Crippen molar-refractivity contribution in [2.75, 3.05) is 39.5 Å². The molecule has 11 heteroatoms. The van der Waals surface area contributed by atoms with Crippen LogP contribution in [0.5, 0.6) is 0 Å². The largest absolute Gasteiger partial charge is 0.478 e. The fraction of sp³-hybridized carbons (Fsp3) is 0.604. The Kier molecular flexibility index (Phi) is 12.2. The van der Waals surface area contributed by atoms with Crippen LogP contribution in [0, 0.1) is 23.7 Å². The first kappa shape index (κ1) is 41.4. The summed E-state index contributed by atoms with van der Waals surface area (Å²) in [7, 11) is 4.27. The van der Waals surface area contributed by atoms with Crippen LogP contribution in [0.4, 0.5) is 4.79 Å². The van der Waals surface area contributed by atoms with E-state index in [1.54, 1.807) is 6.07 Å². The van der Waals surface area contributed by atoms with Gasteiger partial charge in [-0.2, -0.15) is 0 Å². The topological polar surface area (TPSA) is 124 Å². The molecule has 2 aromatic carbocycles. The fourth-order valence-corrected chi connectivity index (χ4v) is 10.9. The fourth-order valence-electron chi connectivity index (χ4n) is 10.9. The van der Waals surface area contributed by atoms with E-state index in [4.69, 9.17) is 14.2 Å². The Morgan fingerprint density at radius 3 is 1.63 bits per heavy atom. The Labute approximate surface area is 348 Å². The van der Waals surface area contributed by atoms with Gasteiger partial charge in [0.15, 0.2) is 0 Å². The van der Waals surface area contributed by atoms with Gasteiger partial charge in [-0.05, 0) is 169 Å². The lowest BCUT2D eigenvalue weighted by molar-refractivity contribution is 0.0438. The van der Waals surface area contributed by atoms with E-state index in [-0.39, 0.29) is 18.0 Å². The molecule has 2 unspecified atom stereocenters. The van der Waals surface area contributed by atoms with E-state index in [9.17, 15) is 19.5 Å². The van der Waals surface area contributed by atoms with Gasteiger partial charge < -0.3 is 38.7 Å². The summed E-state index contributed by atoms with van der Waals surface area (Å²) in [5.74, 6) is 2.18. The molecule has 318 valence electrons. The number of aromatic nitrogens is 2. The highest BCUT2D eigenvalue weighted by atomic mass is 16.6. The molecule has 9 rings (SSSR count). The first-order valence-corrected chi connectivity index (χ1v) is 22.2. The number of likely N-dealkylation sites (tertiary alicyclic amines) is 1. The standard InChI is InChI=1S/C29H41N3O4.C19H23NO3/c1-29(2,3)36-28(34)30-22-9-13-32(14-10-22)27(33)21-6-8-26-24(18-21)23-17-20(5-7-25(23)31(26)4)19-11-15-35-16-12-19;1-20-17-4-2-13(12-6-8-23-9-7-12)10-15(17)16-11-14(19(21)22)3-5-18(16)20/h6,8,18-20,22H,5,7,9-17H2,1-4H3,(H,30,34);3,5,11-13H,2,4,6-10H2,1H3,(H,21,22). The number of piperidine rings is 1. The number of hydrogen-bond donors (Lipinski definition) is 2. The summed E-state index contributed by atoms with van der Waals surface area (Å²) in [6, 6.07) is 11.8. The minimum absolute atomic E-state index is 0.0367. The lowest BCUT2D eigenvalue weighted by Gasteiger charge is -2.33. The van der Waals surface area contributed by atoms with Crippen molar-refractivity contribution in [3.8, 4) is 0 Å². The first-order valence-electron chi connectivity index (χ1n) is 22.2. The molecular formula is C48H64N4O7. The van der Waals surface area contributed by atoms with Crippen LogP contribution in [0.3, 0.4) is 0 Å². The number of amides is 2. The first-order chi connectivity index (χ1) is 28.3. The van der Waals surface area contributed by atoms with Gasteiger partial charge in [0.1, 0.15) is 5.60 Å². The van der Waals surface area contributed by atoms with Gasteiger partial charge in [0.2, 0.25) is 0 Å². The van der Waals surface area contributed by atoms with E-state index in [1.165, 1.54) is 71.9 Å². The smallest absolute Gasteiger partial charge is 0.407 e. The molecule has 2 aliphatic carbocycles. The normalized spacial score (nSPS) is 22.0. The van der Waals surface area contributed by atoms with Gasteiger partial charge in [-0.1, -0.05) is 0 Å². The van der Waals surface area contributed by atoms with Crippen molar-refractivity contribution >= 4 is 39.8 Å². The van der Waals surface area contributed by atoms with Crippen LogP contribution in [0.25, 0.3) is 21.8 Å². The number of carboxylic acids is 1. The number of carbonyl (C=O) groups excluding carboxylic acids is 2. The zero-order valence-electron chi connectivity index (χ0n) is 35.8. The molecule has 5 heterocycles. The summed E-state index contributed by atoms with van der Waals surface area (Å²) in [6.07, 6.45) is 12.7. The highest BCUT2D eigenvalue weighted by molar-refractivity contribution is 5.99. The SMILES string of the molecule is Cn1c2c(c3cc(C(=O)N4CCC(NC(=O)OC(C)(C)C)CC4)ccc31)CC(C1CCOCC1)CC2.Cn1c2c(c3cc(C(=O)O)ccc31)CC(C1CCOCC1)CC2. The van der Waals surface area contributed by atoms with Gasteiger partial charge in [-0.15, -0.1) is 0 Å². The highest BCUT2D eigenvalue weighted by Crippen LogP contribution is 2.41. The Morgan fingerprint density at radius 2 is 1.15 bits per heavy atom. The maximum absolute atomic E-state index is 13.4. The molecule has 0 saturated carbocycles. The second kappa shape index (κ2) is 17.3. The van der Waals surface area contributed by atoms with Crippen molar-refractivity contribution < 1.29 is 33.7 Å². The van der Waals surface area contributed by atoms with E-state index in [0.29, 0.717) is 30.5 Å². The Hall–Kier alpha value is -4.35. The van der Waals surface area contributed by atoms with Gasteiger partial charge in [0.05, 0.1) is 5.56 Å². The molecule has 2 aromatic heterocycles. The Balaban J connectivity index is 0.000000180. The number of hydrogen-bond acceptors (Lipinski definition) is 6. The number of benzene rings is 2. The number of aromatic carboxylic acids is 1. The summed E-state index contributed by atoms with van der Waals surface area (Å²) >= 11 is 0. The molecule has 2 N–H and O–H groups in total. The average molecular weight is 809 g/mol. The van der Waals surface area contributed by atoms with E-state index >= 15 is 0 Å². The van der Waals surface area contributed by atoms with E-state index in [0.717, 1.165) is 93.3 Å². The van der Waals surface area contributed by atoms with Crippen LogP contribution in [-0.4, -0.2) is 88.3 Å². The van der Waals surface area contributed by atoms with Crippen molar-refractivity contribution in [1.82, 2.24) is 19.4 Å². The number of carbonyl (C=O) groups is 3. The summed E-state index contributed by atoms with van der Waals surface area (Å²) in [5.41, 5.74) is 8.69. The summed E-state index contributed by atoms with van der Waals surface area (Å²) in [6.45, 7) is 10.4. The van der Waals surface area contributed by atoms with Gasteiger partial charge in [-0.3, -0.25) is 4.79 Å². The van der Waals surface area contributed by atoms with E-state index < -0.39 is 11.6 Å². The zero-order valence-corrected chi connectivity index (χ0v) is 35.8. The lowest BCUT2D eigenvalue weighted by Crippen LogP contribution is -2.47. The van der Waals surface area contributed by atoms with Gasteiger partial charge in [0, 0.05) is 98.4 Å². The average Bonchev–Trinajstić information content (AvgIpc) is 3.69. The molecule has 2 atom stereocenters. The molecule has 0 bridgehead atoms. The number of carboxylic acid groups (broad SMARTS) is 1. The van der Waals surface area contributed by atoms with E-state index in [2.05, 4.69) is 40.7 Å². The second-order valence-corrected chi connectivity index (χ2v) is 18.9. The molecule has 0 radical (unpaired) electrons. The van der Waals surface area contributed by atoms with Crippen LogP contribution in [-0.2, 0) is 54.0 Å². The molecular weight excluding hydrogens is 745 g/mol. The van der Waals surface area contributed by atoms with Crippen molar-refractivity contribution in [3.05, 3.63) is 70.0 Å².